The molecule has 1 aromatic carbocycles. The van der Waals surface area contributed by atoms with Gasteiger partial charge in [0.15, 0.2) is 0 Å². The molecule has 20 heavy (non-hydrogen) atoms. The van der Waals surface area contributed by atoms with Crippen LogP contribution in [0.25, 0.3) is 5.69 Å². The first kappa shape index (κ1) is 14.8. The number of benzene rings is 1. The first-order valence-electron chi connectivity index (χ1n) is 7.33. The Hall–Kier alpha value is -1.61. The fourth-order valence-corrected chi connectivity index (χ4v) is 2.41. The zero-order valence-corrected chi connectivity index (χ0v) is 12.9. The van der Waals surface area contributed by atoms with Crippen LogP contribution in [0.3, 0.4) is 0 Å². The molecule has 0 spiro atoms. The summed E-state index contributed by atoms with van der Waals surface area (Å²) in [5.41, 5.74) is 2.65. The van der Waals surface area contributed by atoms with Crippen LogP contribution in [-0.4, -0.2) is 16.3 Å². The Morgan fingerprint density at radius 2 is 1.90 bits per heavy atom. The van der Waals surface area contributed by atoms with Gasteiger partial charge in [-0.1, -0.05) is 45.9 Å². The Labute approximate surface area is 122 Å². The summed E-state index contributed by atoms with van der Waals surface area (Å²) in [4.78, 5) is 0. The fraction of sp³-hybridized carbons (Fsp3) is 0.471. The molecule has 0 amide bonds. The van der Waals surface area contributed by atoms with E-state index in [0.29, 0.717) is 11.5 Å². The van der Waals surface area contributed by atoms with Crippen LogP contribution >= 0.6 is 0 Å². The molecule has 0 aliphatic carbocycles. The van der Waals surface area contributed by atoms with Crippen molar-refractivity contribution in [3.8, 4) is 5.69 Å². The zero-order valence-electron chi connectivity index (χ0n) is 12.9. The molecule has 1 heterocycles. The Balaban J connectivity index is 2.21. The predicted molar refractivity (Wildman–Crippen MR) is 84.1 cm³/mol. The van der Waals surface area contributed by atoms with Crippen LogP contribution < -0.4 is 5.32 Å². The number of rotatable bonds is 5. The third-order valence-electron chi connectivity index (χ3n) is 3.29. The summed E-state index contributed by atoms with van der Waals surface area (Å²) in [5.74, 6) is 0. The predicted octanol–water partition coefficient (Wildman–Crippen LogP) is 3.96. The highest BCUT2D eigenvalue weighted by molar-refractivity contribution is 5.31. The Morgan fingerprint density at radius 3 is 2.50 bits per heavy atom. The van der Waals surface area contributed by atoms with Crippen molar-refractivity contribution in [3.63, 3.8) is 0 Å². The molecule has 2 aromatic rings. The van der Waals surface area contributed by atoms with E-state index in [-0.39, 0.29) is 0 Å². The average molecular weight is 271 g/mol. The Kier molecular flexibility index (Phi) is 4.61. The molecule has 108 valence electrons. The smallest absolute Gasteiger partial charge is 0.0645 e. The van der Waals surface area contributed by atoms with Crippen LogP contribution in [0.1, 0.15) is 45.7 Å². The molecule has 1 atom stereocenters. The standard InChI is InChI=1S/C17H25N3/c1-5-18-16(11-17(2,3)4)14-12-19-20(13-14)15-9-7-6-8-10-15/h6-10,12-13,16,18H,5,11H2,1-4H3. The van der Waals surface area contributed by atoms with Crippen LogP contribution in [0.15, 0.2) is 42.7 Å². The molecule has 1 unspecified atom stereocenters. The Bertz CT molecular complexity index is 523. The van der Waals surface area contributed by atoms with Crippen molar-refractivity contribution < 1.29 is 0 Å². The monoisotopic (exact) mass is 271 g/mol. The van der Waals surface area contributed by atoms with Gasteiger partial charge < -0.3 is 5.32 Å². The van der Waals surface area contributed by atoms with Crippen LogP contribution in [0.4, 0.5) is 0 Å². The van der Waals surface area contributed by atoms with Crippen molar-refractivity contribution in [2.45, 2.75) is 40.2 Å². The lowest BCUT2D eigenvalue weighted by atomic mass is 9.86. The fourth-order valence-electron chi connectivity index (χ4n) is 2.41. The summed E-state index contributed by atoms with van der Waals surface area (Å²) < 4.78 is 1.95. The molecule has 0 bridgehead atoms. The maximum atomic E-state index is 4.50. The van der Waals surface area contributed by atoms with E-state index in [9.17, 15) is 0 Å². The van der Waals surface area contributed by atoms with E-state index in [0.717, 1.165) is 18.7 Å². The van der Waals surface area contributed by atoms with E-state index in [2.05, 4.69) is 56.4 Å². The van der Waals surface area contributed by atoms with Crippen LogP contribution in [0.2, 0.25) is 0 Å². The third kappa shape index (κ3) is 3.94. The SMILES string of the molecule is CCNC(CC(C)(C)C)c1cnn(-c2ccccc2)c1. The van der Waals surface area contributed by atoms with Gasteiger partial charge in [-0.25, -0.2) is 4.68 Å². The molecular weight excluding hydrogens is 246 g/mol. The number of hydrogen-bond acceptors (Lipinski definition) is 2. The molecule has 0 aliphatic rings. The first-order chi connectivity index (χ1) is 9.49. The van der Waals surface area contributed by atoms with Gasteiger partial charge in [0.05, 0.1) is 11.9 Å². The molecule has 0 radical (unpaired) electrons. The van der Waals surface area contributed by atoms with Crippen molar-refractivity contribution in [1.82, 2.24) is 15.1 Å². The lowest BCUT2D eigenvalue weighted by molar-refractivity contribution is 0.314. The first-order valence-corrected chi connectivity index (χ1v) is 7.33. The molecular formula is C17H25N3. The van der Waals surface area contributed by atoms with Gasteiger partial charge >= 0.3 is 0 Å². The van der Waals surface area contributed by atoms with Gasteiger partial charge in [0.25, 0.3) is 0 Å². The van der Waals surface area contributed by atoms with Gasteiger partial charge in [-0.3, -0.25) is 0 Å². The van der Waals surface area contributed by atoms with E-state index >= 15 is 0 Å². The lowest BCUT2D eigenvalue weighted by Gasteiger charge is -2.25. The van der Waals surface area contributed by atoms with Gasteiger partial charge in [-0.05, 0) is 30.5 Å². The number of para-hydroxylation sites is 1. The molecule has 0 aliphatic heterocycles. The molecule has 3 heteroatoms. The van der Waals surface area contributed by atoms with Gasteiger partial charge in [-0.2, -0.15) is 5.10 Å². The summed E-state index contributed by atoms with van der Waals surface area (Å²) in [6.45, 7) is 9.95. The largest absolute Gasteiger partial charge is 0.310 e. The summed E-state index contributed by atoms with van der Waals surface area (Å²) >= 11 is 0. The van der Waals surface area contributed by atoms with E-state index in [1.807, 2.05) is 29.1 Å². The summed E-state index contributed by atoms with van der Waals surface area (Å²) in [6.07, 6.45) is 5.21. The van der Waals surface area contributed by atoms with Crippen molar-refractivity contribution >= 4 is 0 Å². The lowest BCUT2D eigenvalue weighted by Crippen LogP contribution is -2.25. The van der Waals surface area contributed by atoms with Gasteiger partial charge in [0.2, 0.25) is 0 Å². The molecule has 3 nitrogen and oxygen atoms in total. The average Bonchev–Trinajstić information content (AvgIpc) is 2.87. The second-order valence-corrected chi connectivity index (χ2v) is 6.43. The van der Waals surface area contributed by atoms with Crippen LogP contribution in [-0.2, 0) is 0 Å². The van der Waals surface area contributed by atoms with Crippen molar-refractivity contribution in [1.29, 1.82) is 0 Å². The van der Waals surface area contributed by atoms with Gasteiger partial charge in [0, 0.05) is 17.8 Å². The summed E-state index contributed by atoms with van der Waals surface area (Å²) in [7, 11) is 0. The molecule has 0 saturated carbocycles. The maximum Gasteiger partial charge on any atom is 0.0645 e. The van der Waals surface area contributed by atoms with E-state index < -0.39 is 0 Å². The minimum atomic E-state index is 0.293. The van der Waals surface area contributed by atoms with Crippen molar-refractivity contribution in [2.24, 2.45) is 5.41 Å². The minimum absolute atomic E-state index is 0.293. The number of nitrogens with zero attached hydrogens (tertiary/aromatic N) is 2. The second-order valence-electron chi connectivity index (χ2n) is 6.43. The van der Waals surface area contributed by atoms with E-state index in [1.165, 1.54) is 5.56 Å². The quantitative estimate of drug-likeness (QED) is 0.892. The zero-order chi connectivity index (χ0) is 14.6. The highest BCUT2D eigenvalue weighted by Gasteiger charge is 2.20. The van der Waals surface area contributed by atoms with Gasteiger partial charge in [0.1, 0.15) is 0 Å². The highest BCUT2D eigenvalue weighted by atomic mass is 15.3. The van der Waals surface area contributed by atoms with Crippen LogP contribution in [0.5, 0.6) is 0 Å². The van der Waals surface area contributed by atoms with E-state index in [1.54, 1.807) is 0 Å². The number of aromatic nitrogens is 2. The minimum Gasteiger partial charge on any atom is -0.310 e. The topological polar surface area (TPSA) is 29.9 Å². The third-order valence-corrected chi connectivity index (χ3v) is 3.29. The Morgan fingerprint density at radius 1 is 1.20 bits per heavy atom. The van der Waals surface area contributed by atoms with E-state index in [4.69, 9.17) is 0 Å². The van der Waals surface area contributed by atoms with Gasteiger partial charge in [-0.15, -0.1) is 0 Å². The molecule has 0 saturated heterocycles. The number of hydrogen-bond donors (Lipinski definition) is 1. The summed E-state index contributed by atoms with van der Waals surface area (Å²) in [5, 5.41) is 8.06. The molecule has 0 fully saturated rings. The summed E-state index contributed by atoms with van der Waals surface area (Å²) in [6, 6.07) is 10.6. The van der Waals surface area contributed by atoms with Crippen molar-refractivity contribution in [3.05, 3.63) is 48.3 Å². The normalized spacial score (nSPS) is 13.4. The second kappa shape index (κ2) is 6.23. The highest BCUT2D eigenvalue weighted by Crippen LogP contribution is 2.29. The maximum absolute atomic E-state index is 4.50. The van der Waals surface area contributed by atoms with Crippen LogP contribution in [0, 0.1) is 5.41 Å². The number of nitrogens with one attached hydrogen (secondary N) is 1. The van der Waals surface area contributed by atoms with Crippen molar-refractivity contribution in [2.75, 3.05) is 6.54 Å². The molecule has 1 N–H and O–H groups in total. The molecule has 1 aromatic heterocycles. The molecule has 2 rings (SSSR count).